The SMILES string of the molecule is CC(C)(NC(=O)c1cc(NCC(C=O)c2ccc(F)cc2)cc(CN)c1F)C(N)=O. The van der Waals surface area contributed by atoms with E-state index in [1.807, 2.05) is 0 Å². The largest absolute Gasteiger partial charge is 0.384 e. The first kappa shape index (κ1) is 23.0. The predicted molar refractivity (Wildman–Crippen MR) is 109 cm³/mol. The van der Waals surface area contributed by atoms with Crippen molar-refractivity contribution < 1.29 is 23.2 Å². The second kappa shape index (κ2) is 9.45. The molecule has 9 heteroatoms. The first-order valence-electron chi connectivity index (χ1n) is 9.18. The number of carbonyl (C=O) groups excluding carboxylic acids is 3. The fourth-order valence-corrected chi connectivity index (χ4v) is 2.70. The number of carbonyl (C=O) groups is 3. The van der Waals surface area contributed by atoms with E-state index in [2.05, 4.69) is 10.6 Å². The number of hydrogen-bond donors (Lipinski definition) is 4. The highest BCUT2D eigenvalue weighted by atomic mass is 19.1. The summed E-state index contributed by atoms with van der Waals surface area (Å²) in [7, 11) is 0. The Morgan fingerprint density at radius 2 is 1.80 bits per heavy atom. The van der Waals surface area contributed by atoms with Gasteiger partial charge in [0.1, 0.15) is 23.5 Å². The monoisotopic (exact) mass is 418 g/mol. The molecule has 0 saturated carbocycles. The Labute approximate surface area is 172 Å². The molecule has 0 aliphatic heterocycles. The van der Waals surface area contributed by atoms with Crippen LogP contribution in [0.5, 0.6) is 0 Å². The zero-order valence-electron chi connectivity index (χ0n) is 16.7. The Hall–Kier alpha value is -3.33. The molecule has 7 nitrogen and oxygen atoms in total. The van der Waals surface area contributed by atoms with E-state index in [-0.39, 0.29) is 24.2 Å². The van der Waals surface area contributed by atoms with Crippen molar-refractivity contribution in [2.45, 2.75) is 31.8 Å². The normalized spacial score (nSPS) is 12.2. The van der Waals surface area contributed by atoms with E-state index in [1.165, 1.54) is 50.2 Å². The summed E-state index contributed by atoms with van der Waals surface area (Å²) in [5, 5.41) is 5.36. The molecule has 0 aliphatic rings. The van der Waals surface area contributed by atoms with E-state index >= 15 is 0 Å². The number of anilines is 1. The zero-order chi connectivity index (χ0) is 22.5. The van der Waals surface area contributed by atoms with Crippen LogP contribution >= 0.6 is 0 Å². The molecule has 0 saturated heterocycles. The van der Waals surface area contributed by atoms with Crippen molar-refractivity contribution in [3.05, 3.63) is 64.7 Å². The predicted octanol–water partition coefficient (Wildman–Crippen LogP) is 1.81. The van der Waals surface area contributed by atoms with Gasteiger partial charge in [-0.05, 0) is 43.7 Å². The van der Waals surface area contributed by atoms with Gasteiger partial charge in [0, 0.05) is 24.3 Å². The van der Waals surface area contributed by atoms with Crippen LogP contribution in [0.4, 0.5) is 14.5 Å². The first-order chi connectivity index (χ1) is 14.1. The van der Waals surface area contributed by atoms with Crippen LogP contribution in [-0.4, -0.2) is 30.2 Å². The van der Waals surface area contributed by atoms with Gasteiger partial charge < -0.3 is 26.9 Å². The van der Waals surface area contributed by atoms with E-state index in [0.29, 0.717) is 17.5 Å². The molecule has 0 radical (unpaired) electrons. The van der Waals surface area contributed by atoms with Crippen LogP contribution in [0, 0.1) is 11.6 Å². The van der Waals surface area contributed by atoms with Crippen LogP contribution in [0.2, 0.25) is 0 Å². The average molecular weight is 418 g/mol. The topological polar surface area (TPSA) is 127 Å². The van der Waals surface area contributed by atoms with Gasteiger partial charge in [-0.25, -0.2) is 8.78 Å². The third-order valence-corrected chi connectivity index (χ3v) is 4.64. The van der Waals surface area contributed by atoms with Crippen molar-refractivity contribution in [3.8, 4) is 0 Å². The summed E-state index contributed by atoms with van der Waals surface area (Å²) in [5.74, 6) is -3.44. The molecular formula is C21H24F2N4O3. The minimum absolute atomic E-state index is 0.0754. The Balaban J connectivity index is 2.27. The van der Waals surface area contributed by atoms with Crippen LogP contribution in [0.15, 0.2) is 36.4 Å². The number of hydrogen-bond acceptors (Lipinski definition) is 5. The minimum Gasteiger partial charge on any atom is -0.384 e. The van der Waals surface area contributed by atoms with Crippen molar-refractivity contribution >= 4 is 23.8 Å². The quantitative estimate of drug-likeness (QED) is 0.462. The van der Waals surface area contributed by atoms with Gasteiger partial charge in [-0.2, -0.15) is 0 Å². The molecule has 0 heterocycles. The molecule has 1 atom stereocenters. The number of primary amides is 1. The molecule has 1 unspecified atom stereocenters. The highest BCUT2D eigenvalue weighted by Crippen LogP contribution is 2.22. The van der Waals surface area contributed by atoms with Gasteiger partial charge in [0.15, 0.2) is 0 Å². The molecule has 160 valence electrons. The summed E-state index contributed by atoms with van der Waals surface area (Å²) in [6.07, 6.45) is 0.705. The third kappa shape index (κ3) is 5.38. The molecule has 2 amide bonds. The van der Waals surface area contributed by atoms with Crippen molar-refractivity contribution in [1.29, 1.82) is 0 Å². The van der Waals surface area contributed by atoms with Gasteiger partial charge in [-0.3, -0.25) is 9.59 Å². The van der Waals surface area contributed by atoms with Crippen LogP contribution in [0.25, 0.3) is 0 Å². The zero-order valence-corrected chi connectivity index (χ0v) is 16.7. The molecule has 0 aromatic heterocycles. The average Bonchev–Trinajstić information content (AvgIpc) is 2.70. The van der Waals surface area contributed by atoms with E-state index in [9.17, 15) is 23.2 Å². The molecule has 30 heavy (non-hydrogen) atoms. The highest BCUT2D eigenvalue weighted by molar-refractivity contribution is 5.99. The standard InChI is InChI=1S/C21H24F2N4O3/c1-21(2,20(25)30)27-19(29)17-8-16(7-13(9-24)18(17)23)26-10-14(11-28)12-3-5-15(22)6-4-12/h3-8,11,14,26H,9-10,24H2,1-2H3,(H2,25,30)(H,27,29). The van der Waals surface area contributed by atoms with E-state index < -0.39 is 34.9 Å². The third-order valence-electron chi connectivity index (χ3n) is 4.64. The van der Waals surface area contributed by atoms with Crippen LogP contribution < -0.4 is 22.1 Å². The first-order valence-corrected chi connectivity index (χ1v) is 9.18. The maximum atomic E-state index is 14.7. The Kier molecular flexibility index (Phi) is 7.23. The van der Waals surface area contributed by atoms with Crippen molar-refractivity contribution in [2.24, 2.45) is 11.5 Å². The van der Waals surface area contributed by atoms with E-state index in [0.717, 1.165) is 0 Å². The van der Waals surface area contributed by atoms with Crippen LogP contribution in [-0.2, 0) is 16.1 Å². The fourth-order valence-electron chi connectivity index (χ4n) is 2.70. The lowest BCUT2D eigenvalue weighted by molar-refractivity contribution is -0.122. The van der Waals surface area contributed by atoms with Crippen molar-refractivity contribution in [3.63, 3.8) is 0 Å². The van der Waals surface area contributed by atoms with E-state index in [4.69, 9.17) is 11.5 Å². The second-order valence-electron chi connectivity index (χ2n) is 7.32. The van der Waals surface area contributed by atoms with Crippen LogP contribution in [0.1, 0.15) is 41.3 Å². The molecule has 2 rings (SSSR count). The lowest BCUT2D eigenvalue weighted by Gasteiger charge is -2.23. The Morgan fingerprint density at radius 1 is 1.17 bits per heavy atom. The highest BCUT2D eigenvalue weighted by Gasteiger charge is 2.29. The smallest absolute Gasteiger partial charge is 0.255 e. The number of amides is 2. The number of aldehydes is 1. The maximum absolute atomic E-state index is 14.7. The Bertz CT molecular complexity index is 946. The number of halogens is 2. The molecule has 0 bridgehead atoms. The minimum atomic E-state index is -1.39. The molecule has 2 aromatic carbocycles. The van der Waals surface area contributed by atoms with Gasteiger partial charge in [-0.1, -0.05) is 12.1 Å². The second-order valence-corrected chi connectivity index (χ2v) is 7.32. The number of nitrogens with two attached hydrogens (primary N) is 2. The summed E-state index contributed by atoms with van der Waals surface area (Å²) in [6.45, 7) is 2.75. The lowest BCUT2D eigenvalue weighted by Crippen LogP contribution is -2.53. The summed E-state index contributed by atoms with van der Waals surface area (Å²) < 4.78 is 27.8. The number of benzene rings is 2. The maximum Gasteiger partial charge on any atom is 0.255 e. The van der Waals surface area contributed by atoms with Crippen molar-refractivity contribution in [2.75, 3.05) is 11.9 Å². The molecule has 2 aromatic rings. The number of nitrogens with one attached hydrogen (secondary N) is 2. The van der Waals surface area contributed by atoms with Gasteiger partial charge in [0.05, 0.1) is 11.5 Å². The molecular weight excluding hydrogens is 394 g/mol. The summed E-state index contributed by atoms with van der Waals surface area (Å²) >= 11 is 0. The van der Waals surface area contributed by atoms with Gasteiger partial charge in [0.2, 0.25) is 5.91 Å². The summed E-state index contributed by atoms with van der Waals surface area (Å²) in [6, 6.07) is 8.18. The number of rotatable bonds is 9. The Morgan fingerprint density at radius 3 is 2.33 bits per heavy atom. The van der Waals surface area contributed by atoms with Crippen LogP contribution in [0.3, 0.4) is 0 Å². The summed E-state index contributed by atoms with van der Waals surface area (Å²) in [4.78, 5) is 35.5. The van der Waals surface area contributed by atoms with Gasteiger partial charge >= 0.3 is 0 Å². The molecule has 6 N–H and O–H groups in total. The van der Waals surface area contributed by atoms with E-state index in [1.54, 1.807) is 0 Å². The summed E-state index contributed by atoms with van der Waals surface area (Å²) in [5.41, 5.74) is 10.2. The molecule has 0 fully saturated rings. The fraction of sp³-hybridized carbons (Fsp3) is 0.286. The lowest BCUT2D eigenvalue weighted by atomic mass is 10.00. The molecule has 0 spiro atoms. The molecule has 0 aliphatic carbocycles. The van der Waals surface area contributed by atoms with Crippen molar-refractivity contribution in [1.82, 2.24) is 5.32 Å². The van der Waals surface area contributed by atoms with Gasteiger partial charge in [0.25, 0.3) is 5.91 Å². The van der Waals surface area contributed by atoms with Gasteiger partial charge in [-0.15, -0.1) is 0 Å².